The van der Waals surface area contributed by atoms with Crippen molar-refractivity contribution in [2.75, 3.05) is 0 Å². The van der Waals surface area contributed by atoms with Crippen molar-refractivity contribution in [3.8, 4) is 0 Å². The minimum atomic E-state index is -0.989. The molecule has 1 unspecified atom stereocenters. The third-order valence-corrected chi connectivity index (χ3v) is 2.47. The van der Waals surface area contributed by atoms with E-state index in [1.807, 2.05) is 0 Å². The highest BCUT2D eigenvalue weighted by molar-refractivity contribution is 5.94. The molecule has 0 aliphatic rings. The summed E-state index contributed by atoms with van der Waals surface area (Å²) in [4.78, 5) is 22.3. The molecule has 1 rings (SSSR count). The highest BCUT2D eigenvalue weighted by atomic mass is 16.5. The third kappa shape index (κ3) is 4.30. The Balaban J connectivity index is 2.83. The maximum Gasteiger partial charge on any atom is 0.333 e. The highest BCUT2D eigenvalue weighted by Crippen LogP contribution is 2.11. The average molecular weight is 250 g/mol. The Morgan fingerprint density at radius 2 is 2.00 bits per heavy atom. The van der Waals surface area contributed by atoms with Crippen LogP contribution in [0.5, 0.6) is 0 Å². The molecule has 0 heterocycles. The van der Waals surface area contributed by atoms with Crippen LogP contribution in [0.4, 0.5) is 0 Å². The average Bonchev–Trinajstić information content (AvgIpc) is 2.27. The number of aliphatic carboxylic acids is 1. The smallest absolute Gasteiger partial charge is 0.333 e. The van der Waals surface area contributed by atoms with Gasteiger partial charge in [-0.15, -0.1) is 0 Å². The van der Waals surface area contributed by atoms with Crippen LogP contribution in [0.2, 0.25) is 0 Å². The van der Waals surface area contributed by atoms with E-state index >= 15 is 0 Å². The second-order valence-corrected chi connectivity index (χ2v) is 4.47. The standard InChI is InChI=1S/C14H18O4/c1-9(2)18-13(14(16)17)8-11-5-4-6-12(7-11)10(3)15/h4-7,9,13H,8H2,1-3H3,(H,16,17). The van der Waals surface area contributed by atoms with E-state index in [1.165, 1.54) is 6.92 Å². The number of benzene rings is 1. The summed E-state index contributed by atoms with van der Waals surface area (Å²) < 4.78 is 5.33. The molecule has 1 atom stereocenters. The van der Waals surface area contributed by atoms with E-state index in [2.05, 4.69) is 0 Å². The predicted octanol–water partition coefficient (Wildman–Crippen LogP) is 2.31. The van der Waals surface area contributed by atoms with E-state index < -0.39 is 12.1 Å². The molecule has 1 aromatic rings. The van der Waals surface area contributed by atoms with Crippen molar-refractivity contribution in [2.45, 2.75) is 39.4 Å². The van der Waals surface area contributed by atoms with Gasteiger partial charge in [-0.1, -0.05) is 18.2 Å². The van der Waals surface area contributed by atoms with E-state index in [0.717, 1.165) is 5.56 Å². The quantitative estimate of drug-likeness (QED) is 0.787. The molecule has 0 radical (unpaired) electrons. The molecule has 0 spiro atoms. The van der Waals surface area contributed by atoms with Crippen molar-refractivity contribution in [1.82, 2.24) is 0 Å². The number of ketones is 1. The van der Waals surface area contributed by atoms with Crippen molar-refractivity contribution in [3.63, 3.8) is 0 Å². The minimum absolute atomic E-state index is 0.0338. The van der Waals surface area contributed by atoms with Crippen LogP contribution in [-0.2, 0) is 16.0 Å². The monoisotopic (exact) mass is 250 g/mol. The normalized spacial score (nSPS) is 12.4. The number of carboxylic acids is 1. The first-order valence-corrected chi connectivity index (χ1v) is 5.88. The molecule has 1 N–H and O–H groups in total. The highest BCUT2D eigenvalue weighted by Gasteiger charge is 2.20. The maximum atomic E-state index is 11.2. The molecule has 0 aliphatic heterocycles. The molecule has 0 bridgehead atoms. The van der Waals surface area contributed by atoms with Gasteiger partial charge in [0.1, 0.15) is 0 Å². The van der Waals surface area contributed by atoms with Crippen molar-refractivity contribution >= 4 is 11.8 Å². The molecule has 0 aliphatic carbocycles. The second-order valence-electron chi connectivity index (χ2n) is 4.47. The van der Waals surface area contributed by atoms with Crippen LogP contribution in [0, 0.1) is 0 Å². The van der Waals surface area contributed by atoms with Gasteiger partial charge in [0.05, 0.1) is 6.10 Å². The first kappa shape index (κ1) is 14.4. The van der Waals surface area contributed by atoms with Crippen LogP contribution < -0.4 is 0 Å². The molecular formula is C14H18O4. The summed E-state index contributed by atoms with van der Waals surface area (Å²) in [5, 5.41) is 9.07. The lowest BCUT2D eigenvalue weighted by molar-refractivity contribution is -0.153. The maximum absolute atomic E-state index is 11.2. The predicted molar refractivity (Wildman–Crippen MR) is 67.8 cm³/mol. The van der Waals surface area contributed by atoms with E-state index in [0.29, 0.717) is 5.56 Å². The Hall–Kier alpha value is -1.68. The van der Waals surface area contributed by atoms with E-state index in [1.54, 1.807) is 38.1 Å². The number of Topliss-reactive ketones (excluding diaryl/α,β-unsaturated/α-hetero) is 1. The van der Waals surface area contributed by atoms with Crippen LogP contribution >= 0.6 is 0 Å². The summed E-state index contributed by atoms with van der Waals surface area (Å²) >= 11 is 0. The molecule has 0 saturated carbocycles. The molecule has 18 heavy (non-hydrogen) atoms. The van der Waals surface area contributed by atoms with Gasteiger partial charge < -0.3 is 9.84 Å². The molecule has 0 saturated heterocycles. The summed E-state index contributed by atoms with van der Waals surface area (Å²) in [5.74, 6) is -1.02. The summed E-state index contributed by atoms with van der Waals surface area (Å²) in [6, 6.07) is 6.97. The van der Waals surface area contributed by atoms with E-state index in [-0.39, 0.29) is 18.3 Å². The molecule has 0 aromatic heterocycles. The van der Waals surface area contributed by atoms with Gasteiger partial charge in [0, 0.05) is 12.0 Å². The van der Waals surface area contributed by atoms with Gasteiger partial charge in [-0.3, -0.25) is 4.79 Å². The van der Waals surface area contributed by atoms with Crippen molar-refractivity contribution < 1.29 is 19.4 Å². The van der Waals surface area contributed by atoms with Gasteiger partial charge in [-0.2, -0.15) is 0 Å². The SMILES string of the molecule is CC(=O)c1cccc(CC(OC(C)C)C(=O)O)c1. The van der Waals surface area contributed by atoms with Crippen LogP contribution in [0.25, 0.3) is 0 Å². The van der Waals surface area contributed by atoms with Crippen LogP contribution in [0.3, 0.4) is 0 Å². The molecule has 4 heteroatoms. The van der Waals surface area contributed by atoms with Gasteiger partial charge in [0.15, 0.2) is 11.9 Å². The summed E-state index contributed by atoms with van der Waals surface area (Å²) in [7, 11) is 0. The summed E-state index contributed by atoms with van der Waals surface area (Å²) in [6.07, 6.45) is -0.774. The molecular weight excluding hydrogens is 232 g/mol. The largest absolute Gasteiger partial charge is 0.479 e. The number of carbonyl (C=O) groups excluding carboxylic acids is 1. The first-order valence-electron chi connectivity index (χ1n) is 5.88. The topological polar surface area (TPSA) is 63.6 Å². The van der Waals surface area contributed by atoms with Crippen molar-refractivity contribution in [2.24, 2.45) is 0 Å². The lowest BCUT2D eigenvalue weighted by atomic mass is 10.0. The third-order valence-electron chi connectivity index (χ3n) is 2.47. The van der Waals surface area contributed by atoms with Gasteiger partial charge in [-0.25, -0.2) is 4.79 Å². The van der Waals surface area contributed by atoms with Crippen LogP contribution in [-0.4, -0.2) is 29.1 Å². The van der Waals surface area contributed by atoms with Crippen LogP contribution in [0.15, 0.2) is 24.3 Å². The molecule has 98 valence electrons. The number of carbonyl (C=O) groups is 2. The number of hydrogen-bond donors (Lipinski definition) is 1. The van der Waals surface area contributed by atoms with Gasteiger partial charge >= 0.3 is 5.97 Å². The molecule has 1 aromatic carbocycles. The lowest BCUT2D eigenvalue weighted by Crippen LogP contribution is -2.29. The number of ether oxygens (including phenoxy) is 1. The Morgan fingerprint density at radius 1 is 1.33 bits per heavy atom. The minimum Gasteiger partial charge on any atom is -0.479 e. The van der Waals surface area contributed by atoms with Gasteiger partial charge in [0.25, 0.3) is 0 Å². The Bertz CT molecular complexity index is 437. The fourth-order valence-corrected chi connectivity index (χ4v) is 1.65. The summed E-state index contributed by atoms with van der Waals surface area (Å²) in [6.45, 7) is 5.07. The summed E-state index contributed by atoms with van der Waals surface area (Å²) in [5.41, 5.74) is 1.37. The van der Waals surface area contributed by atoms with Gasteiger partial charge in [0.2, 0.25) is 0 Å². The Morgan fingerprint density at radius 3 is 2.50 bits per heavy atom. The second kappa shape index (κ2) is 6.31. The van der Waals surface area contributed by atoms with Gasteiger partial charge in [-0.05, 0) is 32.4 Å². The fourth-order valence-electron chi connectivity index (χ4n) is 1.65. The first-order chi connectivity index (χ1) is 8.40. The lowest BCUT2D eigenvalue weighted by Gasteiger charge is -2.16. The van der Waals surface area contributed by atoms with Crippen molar-refractivity contribution in [3.05, 3.63) is 35.4 Å². The van der Waals surface area contributed by atoms with E-state index in [9.17, 15) is 9.59 Å². The van der Waals surface area contributed by atoms with Crippen LogP contribution in [0.1, 0.15) is 36.7 Å². The molecule has 4 nitrogen and oxygen atoms in total. The molecule has 0 amide bonds. The van der Waals surface area contributed by atoms with Crippen molar-refractivity contribution in [1.29, 1.82) is 0 Å². The molecule has 0 fully saturated rings. The fraction of sp³-hybridized carbons (Fsp3) is 0.429. The number of hydrogen-bond acceptors (Lipinski definition) is 3. The Labute approximate surface area is 107 Å². The van der Waals surface area contributed by atoms with E-state index in [4.69, 9.17) is 9.84 Å². The zero-order valence-corrected chi connectivity index (χ0v) is 10.8. The zero-order valence-electron chi connectivity index (χ0n) is 10.8. The number of carboxylic acid groups (broad SMARTS) is 1. The number of rotatable bonds is 6. The zero-order chi connectivity index (χ0) is 13.7. The Kier molecular flexibility index (Phi) is 5.04.